The Morgan fingerprint density at radius 1 is 1.29 bits per heavy atom. The predicted molar refractivity (Wildman–Crippen MR) is 78.0 cm³/mol. The zero-order valence-corrected chi connectivity index (χ0v) is 11.8. The van der Waals surface area contributed by atoms with E-state index in [1.807, 2.05) is 0 Å². The number of hydrogen-bond acceptors (Lipinski definition) is 3. The molecule has 6 heteroatoms. The van der Waals surface area contributed by atoms with Gasteiger partial charge in [-0.05, 0) is 6.92 Å². The van der Waals surface area contributed by atoms with Gasteiger partial charge in [0.05, 0.1) is 5.02 Å². The molecule has 0 radical (unpaired) electrons. The Morgan fingerprint density at radius 3 is 2.33 bits per heavy atom. The van der Waals surface area contributed by atoms with Crippen LogP contribution in [0.2, 0.25) is 5.02 Å². The molecule has 2 aromatic rings. The van der Waals surface area contributed by atoms with Crippen LogP contribution in [0.3, 0.4) is 0 Å². The van der Waals surface area contributed by atoms with E-state index in [0.717, 1.165) is 0 Å². The van der Waals surface area contributed by atoms with E-state index in [2.05, 4.69) is 11.6 Å². The molecule has 0 fully saturated rings. The summed E-state index contributed by atoms with van der Waals surface area (Å²) in [6.45, 7) is 4.77. The Bertz CT molecular complexity index is 742. The zero-order chi connectivity index (χ0) is 15.7. The number of aromatic carboxylic acids is 1. The van der Waals surface area contributed by atoms with Crippen molar-refractivity contribution in [3.8, 4) is 11.3 Å². The van der Waals surface area contributed by atoms with Gasteiger partial charge in [0.1, 0.15) is 11.5 Å². The number of carboxylic acid groups (broad SMARTS) is 1. The molecule has 0 saturated carbocycles. The second-order valence-corrected chi connectivity index (χ2v) is 4.77. The average Bonchev–Trinajstić information content (AvgIpc) is 2.45. The summed E-state index contributed by atoms with van der Waals surface area (Å²) in [5, 5.41) is 18.1. The standard InChI is InChI=1S/C15H11ClFNO3/c1-7-11(16)14(15(20)21)18-13(12(7)17)10-5-3-9(4-6-10)8(2)19/h3-6,19H,2H2,1H3,(H,20,21). The average molecular weight is 308 g/mol. The minimum absolute atomic E-state index is 0.0229. The van der Waals surface area contributed by atoms with E-state index in [0.29, 0.717) is 11.1 Å². The molecule has 1 aromatic carbocycles. The Morgan fingerprint density at radius 2 is 1.86 bits per heavy atom. The van der Waals surface area contributed by atoms with Crippen molar-refractivity contribution in [2.45, 2.75) is 6.92 Å². The van der Waals surface area contributed by atoms with Crippen LogP contribution < -0.4 is 0 Å². The first-order valence-electron chi connectivity index (χ1n) is 5.90. The van der Waals surface area contributed by atoms with Gasteiger partial charge in [0, 0.05) is 16.7 Å². The van der Waals surface area contributed by atoms with Crippen LogP contribution in [-0.2, 0) is 0 Å². The summed E-state index contributed by atoms with van der Waals surface area (Å²) in [5.41, 5.74) is 0.364. The number of pyridine rings is 1. The molecule has 2 N–H and O–H groups in total. The van der Waals surface area contributed by atoms with Gasteiger partial charge in [0.2, 0.25) is 0 Å². The first-order valence-corrected chi connectivity index (χ1v) is 6.28. The quantitative estimate of drug-likeness (QED) is 0.838. The molecular formula is C15H11ClFNO3. The zero-order valence-electron chi connectivity index (χ0n) is 11.0. The summed E-state index contributed by atoms with van der Waals surface area (Å²) in [5.74, 6) is -2.13. The predicted octanol–water partition coefficient (Wildman–Crippen LogP) is 4.08. The molecule has 0 spiro atoms. The molecule has 0 saturated heterocycles. The van der Waals surface area contributed by atoms with Crippen molar-refractivity contribution >= 4 is 23.3 Å². The maximum absolute atomic E-state index is 14.2. The Kier molecular flexibility index (Phi) is 3.95. The van der Waals surface area contributed by atoms with Gasteiger partial charge in [-0.2, -0.15) is 0 Å². The lowest BCUT2D eigenvalue weighted by Crippen LogP contribution is -2.07. The maximum atomic E-state index is 14.2. The second kappa shape index (κ2) is 5.54. The summed E-state index contributed by atoms with van der Waals surface area (Å²) in [6.07, 6.45) is 0. The van der Waals surface area contributed by atoms with E-state index >= 15 is 0 Å². The van der Waals surface area contributed by atoms with E-state index < -0.39 is 17.5 Å². The van der Waals surface area contributed by atoms with Gasteiger partial charge in [-0.25, -0.2) is 14.2 Å². The normalized spacial score (nSPS) is 10.4. The SMILES string of the molecule is C=C(O)c1ccc(-c2nc(C(=O)O)c(Cl)c(C)c2F)cc1. The third kappa shape index (κ3) is 2.73. The summed E-state index contributed by atoms with van der Waals surface area (Å²) in [7, 11) is 0. The van der Waals surface area contributed by atoms with Crippen LogP contribution in [0.4, 0.5) is 4.39 Å². The number of aliphatic hydroxyl groups is 1. The molecular weight excluding hydrogens is 297 g/mol. The molecule has 1 aromatic heterocycles. The molecule has 4 nitrogen and oxygen atoms in total. The number of hydrogen-bond donors (Lipinski definition) is 2. The highest BCUT2D eigenvalue weighted by Gasteiger charge is 2.21. The topological polar surface area (TPSA) is 70.4 Å². The monoisotopic (exact) mass is 307 g/mol. The third-order valence-electron chi connectivity index (χ3n) is 2.99. The van der Waals surface area contributed by atoms with E-state index in [-0.39, 0.29) is 22.0 Å². The lowest BCUT2D eigenvalue weighted by molar-refractivity contribution is 0.0690. The number of halogens is 2. The number of nitrogens with zero attached hydrogens (tertiary/aromatic N) is 1. The molecule has 108 valence electrons. The van der Waals surface area contributed by atoms with Gasteiger partial charge in [0.25, 0.3) is 0 Å². The highest BCUT2D eigenvalue weighted by atomic mass is 35.5. The lowest BCUT2D eigenvalue weighted by atomic mass is 10.0. The van der Waals surface area contributed by atoms with Gasteiger partial charge >= 0.3 is 5.97 Å². The van der Waals surface area contributed by atoms with Gasteiger partial charge in [-0.1, -0.05) is 42.4 Å². The number of benzene rings is 1. The molecule has 0 bridgehead atoms. The maximum Gasteiger partial charge on any atom is 0.356 e. The van der Waals surface area contributed by atoms with Crippen molar-refractivity contribution in [3.63, 3.8) is 0 Å². The number of aliphatic hydroxyl groups excluding tert-OH is 1. The molecule has 0 aliphatic heterocycles. The van der Waals surface area contributed by atoms with Crippen molar-refractivity contribution in [2.24, 2.45) is 0 Å². The van der Waals surface area contributed by atoms with Gasteiger partial charge in [-0.15, -0.1) is 0 Å². The first-order chi connectivity index (χ1) is 9.82. The van der Waals surface area contributed by atoms with Crippen LogP contribution in [0.15, 0.2) is 30.8 Å². The van der Waals surface area contributed by atoms with Crippen molar-refractivity contribution in [1.82, 2.24) is 4.98 Å². The number of rotatable bonds is 3. The van der Waals surface area contributed by atoms with E-state index in [9.17, 15) is 14.3 Å². The Balaban J connectivity index is 2.63. The second-order valence-electron chi connectivity index (χ2n) is 4.39. The van der Waals surface area contributed by atoms with Crippen molar-refractivity contribution in [3.05, 3.63) is 58.5 Å². The lowest BCUT2D eigenvalue weighted by Gasteiger charge is -2.10. The fourth-order valence-corrected chi connectivity index (χ4v) is 2.02. The Hall–Kier alpha value is -2.40. The Labute approximate surface area is 125 Å². The summed E-state index contributed by atoms with van der Waals surface area (Å²) in [4.78, 5) is 14.9. The van der Waals surface area contributed by atoms with Gasteiger partial charge in [0.15, 0.2) is 11.5 Å². The van der Waals surface area contributed by atoms with Crippen LogP contribution in [0, 0.1) is 12.7 Å². The van der Waals surface area contributed by atoms with Crippen LogP contribution >= 0.6 is 11.6 Å². The summed E-state index contributed by atoms with van der Waals surface area (Å²) >= 11 is 5.79. The summed E-state index contributed by atoms with van der Waals surface area (Å²) < 4.78 is 14.2. The highest BCUT2D eigenvalue weighted by Crippen LogP contribution is 2.30. The minimum Gasteiger partial charge on any atom is -0.508 e. The third-order valence-corrected chi connectivity index (χ3v) is 3.45. The first kappa shape index (κ1) is 15.0. The molecule has 0 aliphatic rings. The van der Waals surface area contributed by atoms with E-state index in [1.54, 1.807) is 0 Å². The number of aromatic nitrogens is 1. The van der Waals surface area contributed by atoms with Crippen LogP contribution in [0.25, 0.3) is 17.0 Å². The molecule has 0 unspecified atom stereocenters. The largest absolute Gasteiger partial charge is 0.508 e. The molecule has 0 aliphatic carbocycles. The van der Waals surface area contributed by atoms with Crippen molar-refractivity contribution < 1.29 is 19.4 Å². The fourth-order valence-electron chi connectivity index (χ4n) is 1.81. The van der Waals surface area contributed by atoms with E-state index in [4.69, 9.17) is 16.7 Å². The molecule has 21 heavy (non-hydrogen) atoms. The highest BCUT2D eigenvalue weighted by molar-refractivity contribution is 6.34. The van der Waals surface area contributed by atoms with Crippen molar-refractivity contribution in [1.29, 1.82) is 0 Å². The molecule has 1 heterocycles. The molecule has 2 rings (SSSR count). The minimum atomic E-state index is -1.33. The number of carbonyl (C=O) groups is 1. The van der Waals surface area contributed by atoms with Crippen LogP contribution in [-0.4, -0.2) is 21.2 Å². The summed E-state index contributed by atoms with van der Waals surface area (Å²) in [6, 6.07) is 6.09. The van der Waals surface area contributed by atoms with Crippen LogP contribution in [0.5, 0.6) is 0 Å². The van der Waals surface area contributed by atoms with Gasteiger partial charge in [-0.3, -0.25) is 0 Å². The number of carboxylic acids is 1. The fraction of sp³-hybridized carbons (Fsp3) is 0.0667. The van der Waals surface area contributed by atoms with E-state index in [1.165, 1.54) is 31.2 Å². The molecule has 0 amide bonds. The van der Waals surface area contributed by atoms with Gasteiger partial charge < -0.3 is 10.2 Å². The van der Waals surface area contributed by atoms with Crippen molar-refractivity contribution in [2.75, 3.05) is 0 Å². The smallest absolute Gasteiger partial charge is 0.356 e. The van der Waals surface area contributed by atoms with Crippen LogP contribution in [0.1, 0.15) is 21.6 Å². The molecule has 0 atom stereocenters.